The Balaban J connectivity index is 2.25. The van der Waals surface area contributed by atoms with Crippen molar-refractivity contribution in [3.05, 3.63) is 21.9 Å². The second kappa shape index (κ2) is 7.84. The van der Waals surface area contributed by atoms with Gasteiger partial charge in [0.25, 0.3) is 5.91 Å². The van der Waals surface area contributed by atoms with Gasteiger partial charge in [-0.05, 0) is 18.6 Å². The molecule has 0 aromatic carbocycles. The second-order valence-electron chi connectivity index (χ2n) is 3.69. The summed E-state index contributed by atoms with van der Waals surface area (Å²) in [4.78, 5) is 22.8. The van der Waals surface area contributed by atoms with Crippen molar-refractivity contribution in [3.63, 3.8) is 0 Å². The van der Waals surface area contributed by atoms with Crippen LogP contribution in [0.4, 0.5) is 0 Å². The Morgan fingerprint density at radius 1 is 1.33 bits per heavy atom. The van der Waals surface area contributed by atoms with E-state index in [1.54, 1.807) is 0 Å². The highest BCUT2D eigenvalue weighted by Gasteiger charge is 2.12. The Hall–Kier alpha value is -1.40. The molecular formula is C12H17NO4S. The lowest BCUT2D eigenvalue weighted by molar-refractivity contribution is 0.0702. The number of rotatable bonds is 8. The largest absolute Gasteiger partial charge is 0.477 e. The summed E-state index contributed by atoms with van der Waals surface area (Å²) < 4.78 is 5.30. The normalized spacial score (nSPS) is 10.3. The monoisotopic (exact) mass is 271 g/mol. The smallest absolute Gasteiger partial charge is 0.345 e. The van der Waals surface area contributed by atoms with Crippen LogP contribution in [0, 0.1) is 0 Å². The SMILES string of the molecule is CCCCOCCNC(=O)c1ccc(C(=O)O)s1. The molecule has 0 radical (unpaired) electrons. The van der Waals surface area contributed by atoms with E-state index in [0.717, 1.165) is 24.2 Å². The van der Waals surface area contributed by atoms with Gasteiger partial charge in [0.2, 0.25) is 0 Å². The number of ether oxygens (including phenoxy) is 1. The molecule has 0 atom stereocenters. The maximum Gasteiger partial charge on any atom is 0.345 e. The Labute approximate surface area is 110 Å². The van der Waals surface area contributed by atoms with E-state index in [4.69, 9.17) is 9.84 Å². The van der Waals surface area contributed by atoms with Crippen molar-refractivity contribution in [1.29, 1.82) is 0 Å². The zero-order valence-corrected chi connectivity index (χ0v) is 11.1. The van der Waals surface area contributed by atoms with Gasteiger partial charge >= 0.3 is 5.97 Å². The lowest BCUT2D eigenvalue weighted by Crippen LogP contribution is -2.26. The van der Waals surface area contributed by atoms with Crippen molar-refractivity contribution in [2.24, 2.45) is 0 Å². The van der Waals surface area contributed by atoms with Gasteiger partial charge in [0.05, 0.1) is 11.5 Å². The lowest BCUT2D eigenvalue weighted by Gasteiger charge is -2.04. The van der Waals surface area contributed by atoms with Gasteiger partial charge in [-0.3, -0.25) is 4.79 Å². The summed E-state index contributed by atoms with van der Waals surface area (Å²) in [6.45, 7) is 3.70. The Morgan fingerprint density at radius 2 is 2.06 bits per heavy atom. The molecule has 0 bridgehead atoms. The summed E-state index contributed by atoms with van der Waals surface area (Å²) >= 11 is 0.969. The number of hydrogen-bond donors (Lipinski definition) is 2. The highest BCUT2D eigenvalue weighted by atomic mass is 32.1. The molecule has 0 aliphatic carbocycles. The first-order valence-corrected chi connectivity index (χ1v) is 6.66. The Bertz CT molecular complexity index is 403. The third kappa shape index (κ3) is 4.85. The van der Waals surface area contributed by atoms with Crippen molar-refractivity contribution >= 4 is 23.2 Å². The molecule has 0 saturated carbocycles. The van der Waals surface area contributed by atoms with Gasteiger partial charge in [-0.1, -0.05) is 13.3 Å². The van der Waals surface area contributed by atoms with Gasteiger partial charge in [-0.15, -0.1) is 11.3 Å². The zero-order chi connectivity index (χ0) is 13.4. The van der Waals surface area contributed by atoms with Crippen LogP contribution in [-0.2, 0) is 4.74 Å². The number of hydrogen-bond acceptors (Lipinski definition) is 4. The first-order chi connectivity index (χ1) is 8.65. The second-order valence-corrected chi connectivity index (χ2v) is 4.77. The van der Waals surface area contributed by atoms with Crippen LogP contribution in [0.5, 0.6) is 0 Å². The van der Waals surface area contributed by atoms with E-state index in [2.05, 4.69) is 12.2 Å². The molecule has 1 aromatic heterocycles. The zero-order valence-electron chi connectivity index (χ0n) is 10.3. The third-order valence-electron chi connectivity index (χ3n) is 2.21. The van der Waals surface area contributed by atoms with Crippen LogP contribution in [0.2, 0.25) is 0 Å². The van der Waals surface area contributed by atoms with Gasteiger partial charge < -0.3 is 15.2 Å². The number of aromatic carboxylic acids is 1. The van der Waals surface area contributed by atoms with Crippen LogP contribution in [0.15, 0.2) is 12.1 Å². The molecule has 100 valence electrons. The first-order valence-electron chi connectivity index (χ1n) is 5.84. The molecule has 6 heteroatoms. The van der Waals surface area contributed by atoms with Crippen LogP contribution >= 0.6 is 11.3 Å². The summed E-state index contributed by atoms with van der Waals surface area (Å²) in [5, 5.41) is 11.4. The Morgan fingerprint density at radius 3 is 2.67 bits per heavy atom. The van der Waals surface area contributed by atoms with Gasteiger partial charge in [-0.25, -0.2) is 4.79 Å². The number of amides is 1. The van der Waals surface area contributed by atoms with Gasteiger partial charge in [0.15, 0.2) is 0 Å². The maximum absolute atomic E-state index is 11.6. The molecule has 0 spiro atoms. The van der Waals surface area contributed by atoms with Gasteiger partial charge in [0.1, 0.15) is 4.88 Å². The molecule has 1 amide bonds. The van der Waals surface area contributed by atoms with Crippen molar-refractivity contribution in [2.45, 2.75) is 19.8 Å². The standard InChI is InChI=1S/C12H17NO4S/c1-2-3-7-17-8-6-13-11(14)9-4-5-10(18-9)12(15)16/h4-5H,2-3,6-8H2,1H3,(H,13,14)(H,15,16). The van der Waals surface area contributed by atoms with E-state index in [9.17, 15) is 9.59 Å². The highest BCUT2D eigenvalue weighted by molar-refractivity contribution is 7.15. The average Bonchev–Trinajstić information content (AvgIpc) is 2.83. The minimum atomic E-state index is -1.01. The molecule has 0 fully saturated rings. The van der Waals surface area contributed by atoms with Crippen LogP contribution in [-0.4, -0.2) is 36.7 Å². The molecule has 1 rings (SSSR count). The van der Waals surface area contributed by atoms with Gasteiger partial charge in [0, 0.05) is 13.2 Å². The maximum atomic E-state index is 11.6. The Kier molecular flexibility index (Phi) is 6.38. The van der Waals surface area contributed by atoms with E-state index in [1.807, 2.05) is 0 Å². The number of thiophene rings is 1. The number of carbonyl (C=O) groups excluding carboxylic acids is 1. The molecule has 2 N–H and O–H groups in total. The predicted molar refractivity (Wildman–Crippen MR) is 69.3 cm³/mol. The summed E-state index contributed by atoms with van der Waals surface area (Å²) in [5.74, 6) is -1.27. The number of carboxylic acid groups (broad SMARTS) is 1. The number of carbonyl (C=O) groups is 2. The fourth-order valence-corrected chi connectivity index (χ4v) is 2.01. The van der Waals surface area contributed by atoms with Crippen LogP contribution < -0.4 is 5.32 Å². The fraction of sp³-hybridized carbons (Fsp3) is 0.500. The lowest BCUT2D eigenvalue weighted by atomic mass is 10.4. The van der Waals surface area contributed by atoms with Crippen LogP contribution in [0.1, 0.15) is 39.1 Å². The molecule has 0 saturated heterocycles. The van der Waals surface area contributed by atoms with Gasteiger partial charge in [-0.2, -0.15) is 0 Å². The number of carboxylic acids is 1. The molecule has 0 unspecified atom stereocenters. The van der Waals surface area contributed by atoms with E-state index in [0.29, 0.717) is 24.6 Å². The predicted octanol–water partition coefficient (Wildman–Crippen LogP) is 1.99. The van der Waals surface area contributed by atoms with Crippen LogP contribution in [0.25, 0.3) is 0 Å². The van der Waals surface area contributed by atoms with E-state index in [1.165, 1.54) is 12.1 Å². The summed E-state index contributed by atoms with van der Waals surface area (Å²) in [6.07, 6.45) is 2.10. The van der Waals surface area contributed by atoms with E-state index >= 15 is 0 Å². The number of unbranched alkanes of at least 4 members (excludes halogenated alkanes) is 1. The summed E-state index contributed by atoms with van der Waals surface area (Å²) in [5.41, 5.74) is 0. The highest BCUT2D eigenvalue weighted by Crippen LogP contribution is 2.15. The molecule has 1 heterocycles. The quantitative estimate of drug-likeness (QED) is 0.709. The number of nitrogens with one attached hydrogen (secondary N) is 1. The minimum Gasteiger partial charge on any atom is -0.477 e. The van der Waals surface area contributed by atoms with Crippen molar-refractivity contribution in [3.8, 4) is 0 Å². The average molecular weight is 271 g/mol. The molecule has 1 aromatic rings. The topological polar surface area (TPSA) is 75.6 Å². The first kappa shape index (κ1) is 14.7. The summed E-state index contributed by atoms with van der Waals surface area (Å²) in [7, 11) is 0. The molecule has 18 heavy (non-hydrogen) atoms. The van der Waals surface area contributed by atoms with Crippen molar-refractivity contribution < 1.29 is 19.4 Å². The van der Waals surface area contributed by atoms with Crippen molar-refractivity contribution in [1.82, 2.24) is 5.32 Å². The van der Waals surface area contributed by atoms with Crippen LogP contribution in [0.3, 0.4) is 0 Å². The fourth-order valence-electron chi connectivity index (χ4n) is 1.25. The summed E-state index contributed by atoms with van der Waals surface area (Å²) in [6, 6.07) is 2.95. The third-order valence-corrected chi connectivity index (χ3v) is 3.29. The molecule has 5 nitrogen and oxygen atoms in total. The van der Waals surface area contributed by atoms with E-state index < -0.39 is 5.97 Å². The minimum absolute atomic E-state index is 0.166. The molecule has 0 aliphatic rings. The molecular weight excluding hydrogens is 254 g/mol. The molecule has 0 aliphatic heterocycles. The van der Waals surface area contributed by atoms with Crippen molar-refractivity contribution in [2.75, 3.05) is 19.8 Å². The van der Waals surface area contributed by atoms with E-state index in [-0.39, 0.29) is 10.8 Å².